The molecule has 0 heterocycles. The average molecular weight is 333 g/mol. The molecule has 1 N–H and O–H groups in total. The zero-order valence-electron chi connectivity index (χ0n) is 9.94. The Morgan fingerprint density at radius 3 is 1.57 bits per heavy atom. The summed E-state index contributed by atoms with van der Waals surface area (Å²) in [5, 5.41) is 3.93. The van der Waals surface area contributed by atoms with Gasteiger partial charge in [0.15, 0.2) is 0 Å². The van der Waals surface area contributed by atoms with Gasteiger partial charge in [-0.2, -0.15) is 0 Å². The highest BCUT2D eigenvalue weighted by atomic mass is 79.9. The first-order valence-corrected chi connectivity index (χ1v) is 6.60. The fourth-order valence-electron chi connectivity index (χ4n) is 1.05. The van der Waals surface area contributed by atoms with Crippen molar-refractivity contribution in [2.75, 3.05) is 19.4 Å². The van der Waals surface area contributed by atoms with Crippen molar-refractivity contribution in [3.05, 3.63) is 0 Å². The van der Waals surface area contributed by atoms with Gasteiger partial charge in [0, 0.05) is 5.33 Å². The molecule has 0 unspecified atom stereocenters. The second kappa shape index (κ2) is 23.6. The third-order valence-electron chi connectivity index (χ3n) is 1.74. The summed E-state index contributed by atoms with van der Waals surface area (Å²) in [6.45, 7) is 2.26. The van der Waals surface area contributed by atoms with Crippen molar-refractivity contribution in [2.45, 2.75) is 51.9 Å². The van der Waals surface area contributed by atoms with Crippen LogP contribution in [0.25, 0.3) is 0 Å². The Bertz CT molecular complexity index is 62.3. The second-order valence-electron chi connectivity index (χ2n) is 3.31. The number of hydrogen-bond acceptors (Lipinski definition) is 1. The lowest BCUT2D eigenvalue weighted by molar-refractivity contribution is 0.604. The Morgan fingerprint density at radius 1 is 0.857 bits per heavy atom. The van der Waals surface area contributed by atoms with Crippen molar-refractivity contribution >= 4 is 32.9 Å². The fourth-order valence-corrected chi connectivity index (χ4v) is 1.45. The van der Waals surface area contributed by atoms with Crippen LogP contribution in [0.15, 0.2) is 0 Å². The van der Waals surface area contributed by atoms with E-state index in [4.69, 9.17) is 0 Å². The van der Waals surface area contributed by atoms with Crippen molar-refractivity contribution in [1.82, 2.24) is 5.32 Å². The molecular weight excluding hydrogens is 306 g/mol. The molecule has 0 aromatic rings. The van der Waals surface area contributed by atoms with E-state index in [-0.39, 0.29) is 17.0 Å². The van der Waals surface area contributed by atoms with Crippen molar-refractivity contribution in [2.24, 2.45) is 0 Å². The van der Waals surface area contributed by atoms with Crippen LogP contribution in [0.5, 0.6) is 0 Å². The molecule has 0 atom stereocenters. The lowest BCUT2D eigenvalue weighted by atomic mass is 10.1. The molecule has 0 bridgehead atoms. The normalized spacial score (nSPS) is 8.57. The average Bonchev–Trinajstić information content (AvgIpc) is 2.13. The van der Waals surface area contributed by atoms with Crippen LogP contribution in [-0.4, -0.2) is 19.4 Å². The molecule has 0 aliphatic heterocycles. The van der Waals surface area contributed by atoms with Gasteiger partial charge in [-0.1, -0.05) is 61.4 Å². The molecule has 0 aromatic heterocycles. The highest BCUT2D eigenvalue weighted by molar-refractivity contribution is 9.09. The molecule has 0 aromatic carbocycles. The van der Waals surface area contributed by atoms with Crippen molar-refractivity contribution < 1.29 is 0 Å². The lowest BCUT2D eigenvalue weighted by Crippen LogP contribution is -1.89. The molecule has 0 rings (SSSR count). The summed E-state index contributed by atoms with van der Waals surface area (Å²) in [6.07, 6.45) is 9.87. The van der Waals surface area contributed by atoms with E-state index >= 15 is 0 Å². The summed E-state index contributed by atoms with van der Waals surface area (Å²) >= 11 is 3.43. The van der Waals surface area contributed by atoms with Gasteiger partial charge in [0.05, 0.1) is 0 Å². The van der Waals surface area contributed by atoms with Crippen molar-refractivity contribution in [1.29, 1.82) is 0 Å². The van der Waals surface area contributed by atoms with E-state index in [1.807, 2.05) is 14.1 Å². The molecule has 90 valence electrons. The SMILES string of the molecule is Br.CCCCCCCCCBr.CNC. The summed E-state index contributed by atoms with van der Waals surface area (Å²) in [5.41, 5.74) is 0. The van der Waals surface area contributed by atoms with Crippen LogP contribution in [0.2, 0.25) is 0 Å². The van der Waals surface area contributed by atoms with Crippen LogP contribution in [-0.2, 0) is 0 Å². The van der Waals surface area contributed by atoms with Gasteiger partial charge in [-0.25, -0.2) is 0 Å². The van der Waals surface area contributed by atoms with E-state index in [0.717, 1.165) is 0 Å². The molecule has 0 aliphatic carbocycles. The molecule has 0 fully saturated rings. The summed E-state index contributed by atoms with van der Waals surface area (Å²) in [4.78, 5) is 0. The molecule has 0 saturated heterocycles. The smallest absolute Gasteiger partial charge is 0.00313 e. The predicted octanol–water partition coefficient (Wildman–Crippen LogP) is 4.55. The van der Waals surface area contributed by atoms with Crippen molar-refractivity contribution in [3.63, 3.8) is 0 Å². The minimum absolute atomic E-state index is 0. The number of alkyl halides is 1. The Morgan fingerprint density at radius 2 is 1.21 bits per heavy atom. The molecule has 14 heavy (non-hydrogen) atoms. The summed E-state index contributed by atoms with van der Waals surface area (Å²) in [7, 11) is 3.75. The van der Waals surface area contributed by atoms with Crippen LogP contribution < -0.4 is 5.32 Å². The second-order valence-corrected chi connectivity index (χ2v) is 4.10. The minimum atomic E-state index is 0. The standard InChI is InChI=1S/C9H19Br.C2H7N.BrH/c1-2-3-4-5-6-7-8-9-10;1-3-2;/h2-9H2,1H3;3H,1-2H3;1H. The van der Waals surface area contributed by atoms with E-state index in [1.54, 1.807) is 0 Å². The van der Waals surface area contributed by atoms with E-state index in [1.165, 1.54) is 50.3 Å². The van der Waals surface area contributed by atoms with Gasteiger partial charge in [-0.3, -0.25) is 0 Å². The molecule has 1 nitrogen and oxygen atoms in total. The van der Waals surface area contributed by atoms with Gasteiger partial charge in [0.25, 0.3) is 0 Å². The maximum atomic E-state index is 3.43. The minimum Gasteiger partial charge on any atom is -0.323 e. The van der Waals surface area contributed by atoms with Crippen molar-refractivity contribution in [3.8, 4) is 0 Å². The zero-order valence-corrected chi connectivity index (χ0v) is 13.2. The molecule has 0 spiro atoms. The van der Waals surface area contributed by atoms with Crippen LogP contribution in [0, 0.1) is 0 Å². The molecule has 0 saturated carbocycles. The first-order chi connectivity index (χ1) is 6.33. The maximum Gasteiger partial charge on any atom is 0.00313 e. The summed E-state index contributed by atoms with van der Waals surface area (Å²) in [6, 6.07) is 0. The van der Waals surface area contributed by atoms with E-state index < -0.39 is 0 Å². The van der Waals surface area contributed by atoms with Gasteiger partial charge in [0.2, 0.25) is 0 Å². The van der Waals surface area contributed by atoms with Gasteiger partial charge >= 0.3 is 0 Å². The van der Waals surface area contributed by atoms with E-state index in [2.05, 4.69) is 28.2 Å². The Hall–Kier alpha value is 0.920. The molecule has 0 radical (unpaired) electrons. The Kier molecular flexibility index (Phi) is 34.3. The Balaban J connectivity index is -0.000000267. The summed E-state index contributed by atoms with van der Waals surface area (Å²) < 4.78 is 0. The van der Waals surface area contributed by atoms with Gasteiger partial charge in [-0.15, -0.1) is 17.0 Å². The highest BCUT2D eigenvalue weighted by Gasteiger charge is 1.88. The number of rotatable bonds is 7. The molecule has 0 amide bonds. The lowest BCUT2D eigenvalue weighted by Gasteiger charge is -1.97. The zero-order chi connectivity index (χ0) is 10.4. The number of hydrogen-bond donors (Lipinski definition) is 1. The third kappa shape index (κ3) is 29.3. The molecule has 0 aliphatic rings. The van der Waals surface area contributed by atoms with Crippen LogP contribution in [0.3, 0.4) is 0 Å². The first kappa shape index (κ1) is 20.3. The van der Waals surface area contributed by atoms with Crippen LogP contribution in [0.1, 0.15) is 51.9 Å². The largest absolute Gasteiger partial charge is 0.323 e. The van der Waals surface area contributed by atoms with Crippen LogP contribution in [0.4, 0.5) is 0 Å². The quantitative estimate of drug-likeness (QED) is 0.533. The monoisotopic (exact) mass is 331 g/mol. The summed E-state index contributed by atoms with van der Waals surface area (Å²) in [5.74, 6) is 0. The van der Waals surface area contributed by atoms with E-state index in [0.29, 0.717) is 0 Å². The predicted molar refractivity (Wildman–Crippen MR) is 77.1 cm³/mol. The van der Waals surface area contributed by atoms with Gasteiger partial charge in [0.1, 0.15) is 0 Å². The molecular formula is C11H27Br2N. The maximum absolute atomic E-state index is 3.43. The molecule has 3 heteroatoms. The van der Waals surface area contributed by atoms with E-state index in [9.17, 15) is 0 Å². The van der Waals surface area contributed by atoms with Crippen LogP contribution >= 0.6 is 32.9 Å². The third-order valence-corrected chi connectivity index (χ3v) is 2.30. The number of halogens is 2. The highest BCUT2D eigenvalue weighted by Crippen LogP contribution is 2.07. The van der Waals surface area contributed by atoms with Gasteiger partial charge in [-0.05, 0) is 20.5 Å². The number of unbranched alkanes of at least 4 members (excludes halogenated alkanes) is 6. The first-order valence-electron chi connectivity index (χ1n) is 5.47. The topological polar surface area (TPSA) is 12.0 Å². The fraction of sp³-hybridized carbons (Fsp3) is 1.00. The van der Waals surface area contributed by atoms with Gasteiger partial charge < -0.3 is 5.32 Å². The number of nitrogens with one attached hydrogen (secondary N) is 1. The Labute approximate surface area is 109 Å².